The van der Waals surface area contributed by atoms with E-state index < -0.39 is 0 Å². The van der Waals surface area contributed by atoms with Gasteiger partial charge in [-0.05, 0) is 74.3 Å². The molecule has 130 valence electrons. The maximum Gasteiger partial charge on any atom is 0.212 e. The van der Waals surface area contributed by atoms with Gasteiger partial charge in [0, 0.05) is 15.6 Å². The first-order valence-electron chi connectivity index (χ1n) is 7.45. The van der Waals surface area contributed by atoms with E-state index >= 15 is 0 Å². The zero-order chi connectivity index (χ0) is 18.3. The number of nitrogens with zero attached hydrogens (tertiary/aromatic N) is 3. The molecule has 0 aliphatic heterocycles. The van der Waals surface area contributed by atoms with Crippen LogP contribution in [-0.4, -0.2) is 14.8 Å². The summed E-state index contributed by atoms with van der Waals surface area (Å²) < 4.78 is 17.6. The molecule has 0 unspecified atom stereocenters. The SMILES string of the molecule is Fc1ccc(-c2cc(Br)nn2-c2nc(-c3ccc(Br)cc3)c(Br)s2)cc1. The first kappa shape index (κ1) is 18.0. The summed E-state index contributed by atoms with van der Waals surface area (Å²) in [6, 6.07) is 16.2. The van der Waals surface area contributed by atoms with Crippen LogP contribution >= 0.6 is 59.1 Å². The van der Waals surface area contributed by atoms with E-state index in [-0.39, 0.29) is 5.82 Å². The van der Waals surface area contributed by atoms with Crippen molar-refractivity contribution in [3.8, 4) is 27.6 Å². The van der Waals surface area contributed by atoms with E-state index in [1.807, 2.05) is 30.3 Å². The van der Waals surface area contributed by atoms with Crippen molar-refractivity contribution in [1.82, 2.24) is 14.8 Å². The molecule has 2 aromatic heterocycles. The Morgan fingerprint density at radius 2 is 1.54 bits per heavy atom. The molecular weight excluding hydrogens is 549 g/mol. The number of aromatic nitrogens is 3. The number of benzene rings is 2. The summed E-state index contributed by atoms with van der Waals surface area (Å²) >= 11 is 12.0. The lowest BCUT2D eigenvalue weighted by Gasteiger charge is -2.04. The van der Waals surface area contributed by atoms with Gasteiger partial charge in [-0.1, -0.05) is 39.4 Å². The number of halogens is 4. The predicted octanol–water partition coefficient (Wildman–Crippen LogP) is 7.09. The predicted molar refractivity (Wildman–Crippen MR) is 113 cm³/mol. The molecule has 0 saturated heterocycles. The van der Waals surface area contributed by atoms with Gasteiger partial charge < -0.3 is 0 Å². The van der Waals surface area contributed by atoms with Crippen molar-refractivity contribution in [2.24, 2.45) is 0 Å². The Kier molecular flexibility index (Phi) is 5.09. The van der Waals surface area contributed by atoms with Crippen LogP contribution < -0.4 is 0 Å². The molecule has 4 rings (SSSR count). The minimum atomic E-state index is -0.270. The van der Waals surface area contributed by atoms with E-state index in [1.165, 1.54) is 23.5 Å². The van der Waals surface area contributed by atoms with Crippen LogP contribution in [0.15, 0.2) is 67.5 Å². The lowest BCUT2D eigenvalue weighted by Crippen LogP contribution is -1.98. The van der Waals surface area contributed by atoms with Crippen molar-refractivity contribution in [3.05, 3.63) is 73.3 Å². The molecule has 0 aliphatic carbocycles. The molecule has 0 radical (unpaired) electrons. The average molecular weight is 558 g/mol. The molecule has 0 bridgehead atoms. The summed E-state index contributed by atoms with van der Waals surface area (Å²) in [6.07, 6.45) is 0. The number of thiazole rings is 1. The third kappa shape index (κ3) is 3.55. The molecule has 0 spiro atoms. The minimum Gasteiger partial charge on any atom is -0.217 e. The number of hydrogen-bond acceptors (Lipinski definition) is 3. The third-order valence-electron chi connectivity index (χ3n) is 3.69. The highest BCUT2D eigenvalue weighted by Gasteiger charge is 2.17. The minimum absolute atomic E-state index is 0.270. The van der Waals surface area contributed by atoms with E-state index in [0.717, 1.165) is 35.9 Å². The second-order valence-electron chi connectivity index (χ2n) is 5.40. The third-order valence-corrected chi connectivity index (χ3v) is 6.29. The van der Waals surface area contributed by atoms with Crippen LogP contribution in [0.1, 0.15) is 0 Å². The van der Waals surface area contributed by atoms with Gasteiger partial charge in [-0.3, -0.25) is 0 Å². The van der Waals surface area contributed by atoms with Gasteiger partial charge in [0.2, 0.25) is 5.13 Å². The normalized spacial score (nSPS) is 11.1. The number of rotatable bonds is 3. The van der Waals surface area contributed by atoms with E-state index in [9.17, 15) is 4.39 Å². The lowest BCUT2D eigenvalue weighted by molar-refractivity contribution is 0.628. The van der Waals surface area contributed by atoms with Crippen molar-refractivity contribution in [2.75, 3.05) is 0 Å². The van der Waals surface area contributed by atoms with E-state index in [4.69, 9.17) is 4.98 Å². The molecule has 0 aliphatic rings. The van der Waals surface area contributed by atoms with Gasteiger partial charge in [0.15, 0.2) is 0 Å². The molecule has 0 N–H and O–H groups in total. The largest absolute Gasteiger partial charge is 0.217 e. The molecule has 0 atom stereocenters. The summed E-state index contributed by atoms with van der Waals surface area (Å²) in [4.78, 5) is 4.76. The highest BCUT2D eigenvalue weighted by Crippen LogP contribution is 2.37. The summed E-state index contributed by atoms with van der Waals surface area (Å²) in [5, 5.41) is 5.22. The summed E-state index contributed by atoms with van der Waals surface area (Å²) in [7, 11) is 0. The van der Waals surface area contributed by atoms with Crippen LogP contribution in [0.4, 0.5) is 4.39 Å². The maximum absolute atomic E-state index is 13.3. The Labute approximate surface area is 178 Å². The number of hydrogen-bond donors (Lipinski definition) is 0. The van der Waals surface area contributed by atoms with Crippen molar-refractivity contribution in [3.63, 3.8) is 0 Å². The molecule has 2 aromatic carbocycles. The fourth-order valence-electron chi connectivity index (χ4n) is 2.49. The van der Waals surface area contributed by atoms with Gasteiger partial charge in [-0.15, -0.1) is 0 Å². The van der Waals surface area contributed by atoms with Crippen LogP contribution in [0.3, 0.4) is 0 Å². The van der Waals surface area contributed by atoms with Gasteiger partial charge in [0.1, 0.15) is 10.4 Å². The molecule has 0 amide bonds. The standard InChI is InChI=1S/C18H9Br3FN3S/c19-12-5-1-11(2-6-12)16-17(21)26-18(23-16)25-14(9-15(20)24-25)10-3-7-13(22)8-4-10/h1-9H. The van der Waals surface area contributed by atoms with Crippen LogP contribution in [0.2, 0.25) is 0 Å². The van der Waals surface area contributed by atoms with Crippen LogP contribution in [0, 0.1) is 5.82 Å². The molecule has 26 heavy (non-hydrogen) atoms. The Hall–Kier alpha value is -1.35. The topological polar surface area (TPSA) is 30.7 Å². The Bertz CT molecular complexity index is 1070. The van der Waals surface area contributed by atoms with E-state index in [0.29, 0.717) is 4.60 Å². The molecular formula is C18H9Br3FN3S. The smallest absolute Gasteiger partial charge is 0.212 e. The molecule has 3 nitrogen and oxygen atoms in total. The van der Waals surface area contributed by atoms with Crippen LogP contribution in [-0.2, 0) is 0 Å². The van der Waals surface area contributed by atoms with Crippen molar-refractivity contribution in [2.45, 2.75) is 0 Å². The van der Waals surface area contributed by atoms with Crippen molar-refractivity contribution >= 4 is 59.1 Å². The summed E-state index contributed by atoms with van der Waals surface area (Å²) in [5.41, 5.74) is 3.56. The summed E-state index contributed by atoms with van der Waals surface area (Å²) in [6.45, 7) is 0. The van der Waals surface area contributed by atoms with Gasteiger partial charge in [0.25, 0.3) is 0 Å². The summed E-state index contributed by atoms with van der Waals surface area (Å²) in [5.74, 6) is -0.270. The lowest BCUT2D eigenvalue weighted by atomic mass is 10.1. The van der Waals surface area contributed by atoms with Crippen LogP contribution in [0.5, 0.6) is 0 Å². The first-order valence-corrected chi connectivity index (χ1v) is 10.6. The zero-order valence-electron chi connectivity index (χ0n) is 13.0. The first-order chi connectivity index (χ1) is 12.5. The molecule has 0 fully saturated rings. The Morgan fingerprint density at radius 1 is 0.885 bits per heavy atom. The quantitative estimate of drug-likeness (QED) is 0.269. The van der Waals surface area contributed by atoms with Gasteiger partial charge in [-0.2, -0.15) is 5.10 Å². The molecule has 4 aromatic rings. The molecule has 8 heteroatoms. The molecule has 0 saturated carbocycles. The van der Waals surface area contributed by atoms with Crippen LogP contribution in [0.25, 0.3) is 27.6 Å². The van der Waals surface area contributed by atoms with E-state index in [2.05, 4.69) is 52.9 Å². The van der Waals surface area contributed by atoms with Gasteiger partial charge in [-0.25, -0.2) is 14.1 Å². The van der Waals surface area contributed by atoms with E-state index in [1.54, 1.807) is 16.8 Å². The van der Waals surface area contributed by atoms with Crippen molar-refractivity contribution in [1.29, 1.82) is 0 Å². The average Bonchev–Trinajstić information content (AvgIpc) is 3.19. The molecule has 2 heterocycles. The second-order valence-corrected chi connectivity index (χ2v) is 9.42. The maximum atomic E-state index is 13.3. The fraction of sp³-hybridized carbons (Fsp3) is 0. The zero-order valence-corrected chi connectivity index (χ0v) is 18.5. The monoisotopic (exact) mass is 555 g/mol. The highest BCUT2D eigenvalue weighted by atomic mass is 79.9. The van der Waals surface area contributed by atoms with Gasteiger partial charge in [0.05, 0.1) is 15.2 Å². The van der Waals surface area contributed by atoms with Gasteiger partial charge >= 0.3 is 0 Å². The fourth-order valence-corrected chi connectivity index (χ4v) is 4.67. The Balaban J connectivity index is 1.81. The highest BCUT2D eigenvalue weighted by molar-refractivity contribution is 9.11. The van der Waals surface area contributed by atoms with Crippen molar-refractivity contribution < 1.29 is 4.39 Å². The Morgan fingerprint density at radius 3 is 2.23 bits per heavy atom. The second kappa shape index (κ2) is 7.34.